The van der Waals surface area contributed by atoms with E-state index in [1.54, 1.807) is 0 Å². The van der Waals surface area contributed by atoms with Crippen LogP contribution < -0.4 is 16.8 Å². The third-order valence-electron chi connectivity index (χ3n) is 2.13. The zero-order valence-corrected chi connectivity index (χ0v) is 11.4. The number of thioether (sulfide) groups is 1. The molecule has 0 saturated carbocycles. The van der Waals surface area contributed by atoms with Crippen LogP contribution in [-0.4, -0.2) is 57.6 Å². The molecule has 0 aliphatic carbocycles. The lowest BCUT2D eigenvalue weighted by atomic mass is 10.2. The van der Waals surface area contributed by atoms with Crippen molar-refractivity contribution in [3.05, 3.63) is 0 Å². The lowest BCUT2D eigenvalue weighted by molar-refractivity contribution is -0.138. The maximum absolute atomic E-state index is 11.5. The van der Waals surface area contributed by atoms with Crippen LogP contribution in [0.4, 0.5) is 0 Å². The number of rotatable bonds is 9. The van der Waals surface area contributed by atoms with Crippen LogP contribution in [0.3, 0.4) is 0 Å². The van der Waals surface area contributed by atoms with Gasteiger partial charge in [-0.3, -0.25) is 19.2 Å². The van der Waals surface area contributed by atoms with Gasteiger partial charge < -0.3 is 27.0 Å². The Labute approximate surface area is 119 Å². The molecule has 10 heteroatoms. The van der Waals surface area contributed by atoms with Crippen LogP contribution in [0.5, 0.6) is 0 Å². The minimum atomic E-state index is -1.20. The van der Waals surface area contributed by atoms with E-state index in [-0.39, 0.29) is 18.6 Å². The topological polar surface area (TPSA) is 173 Å². The highest BCUT2D eigenvalue weighted by atomic mass is 32.2. The molecule has 0 aromatic heterocycles. The average molecular weight is 307 g/mol. The fourth-order valence-electron chi connectivity index (χ4n) is 1.05. The molecule has 0 rings (SSSR count). The summed E-state index contributed by atoms with van der Waals surface area (Å²) in [4.78, 5) is 43.4. The van der Waals surface area contributed by atoms with Gasteiger partial charge in [0.05, 0.1) is 12.1 Å². The third kappa shape index (κ3) is 8.45. The van der Waals surface area contributed by atoms with Crippen LogP contribution in [-0.2, 0) is 19.2 Å². The summed E-state index contributed by atoms with van der Waals surface area (Å²) < 4.78 is 0. The fraction of sp³-hybridized carbons (Fsp3) is 0.600. The molecule has 20 heavy (non-hydrogen) atoms. The summed E-state index contributed by atoms with van der Waals surface area (Å²) in [7, 11) is 0. The first-order chi connectivity index (χ1) is 9.23. The highest BCUT2D eigenvalue weighted by molar-refractivity contribution is 8.13. The van der Waals surface area contributed by atoms with Gasteiger partial charge in [-0.1, -0.05) is 11.8 Å². The number of aliphatic carboxylic acids is 2. The molecule has 7 N–H and O–H groups in total. The Morgan fingerprint density at radius 1 is 1.05 bits per heavy atom. The molecule has 2 atom stereocenters. The molecule has 9 nitrogen and oxygen atoms in total. The summed E-state index contributed by atoms with van der Waals surface area (Å²) in [6.07, 6.45) is -0.222. The lowest BCUT2D eigenvalue weighted by Gasteiger charge is -2.12. The van der Waals surface area contributed by atoms with Gasteiger partial charge in [-0.2, -0.15) is 0 Å². The van der Waals surface area contributed by atoms with Crippen molar-refractivity contribution < 1.29 is 29.4 Å². The number of amides is 1. The van der Waals surface area contributed by atoms with E-state index in [0.29, 0.717) is 11.8 Å². The van der Waals surface area contributed by atoms with E-state index in [9.17, 15) is 19.2 Å². The molecule has 0 bridgehead atoms. The summed E-state index contributed by atoms with van der Waals surface area (Å²) in [6.45, 7) is -0.552. The van der Waals surface area contributed by atoms with Gasteiger partial charge >= 0.3 is 11.9 Å². The molecule has 114 valence electrons. The normalized spacial score (nSPS) is 13.3. The molecular formula is C10H17N3O6S. The number of nitrogens with two attached hydrogens (primary N) is 2. The Morgan fingerprint density at radius 3 is 2.15 bits per heavy atom. The number of nitrogens with one attached hydrogen (secondary N) is 1. The van der Waals surface area contributed by atoms with Crippen molar-refractivity contribution in [3.63, 3.8) is 0 Å². The van der Waals surface area contributed by atoms with Crippen LogP contribution in [0.1, 0.15) is 12.8 Å². The smallest absolute Gasteiger partial charge is 0.322 e. The number of carbonyl (C=O) groups excluding carboxylic acids is 2. The second-order valence-electron chi connectivity index (χ2n) is 3.89. The molecule has 0 aliphatic rings. The molecule has 0 saturated heterocycles. The van der Waals surface area contributed by atoms with Crippen LogP contribution in [0, 0.1) is 0 Å². The maximum atomic E-state index is 11.5. The van der Waals surface area contributed by atoms with Crippen molar-refractivity contribution in [2.75, 3.05) is 12.3 Å². The second-order valence-corrected chi connectivity index (χ2v) is 4.91. The van der Waals surface area contributed by atoms with Crippen molar-refractivity contribution in [2.45, 2.75) is 24.9 Å². The Kier molecular flexibility index (Phi) is 8.52. The van der Waals surface area contributed by atoms with Gasteiger partial charge in [0.25, 0.3) is 0 Å². The molecule has 0 aliphatic heterocycles. The van der Waals surface area contributed by atoms with Gasteiger partial charge in [0.1, 0.15) is 6.54 Å². The van der Waals surface area contributed by atoms with Gasteiger partial charge in [-0.25, -0.2) is 0 Å². The molecule has 0 spiro atoms. The third-order valence-corrected chi connectivity index (χ3v) is 3.24. The van der Waals surface area contributed by atoms with Gasteiger partial charge in [-0.15, -0.1) is 0 Å². The highest BCUT2D eigenvalue weighted by Gasteiger charge is 2.20. The van der Waals surface area contributed by atoms with Crippen LogP contribution in [0.2, 0.25) is 0 Å². The zero-order valence-electron chi connectivity index (χ0n) is 10.6. The Hall–Kier alpha value is -1.65. The first kappa shape index (κ1) is 18.4. The number of carboxylic acid groups (broad SMARTS) is 2. The minimum absolute atomic E-state index is 0.00160. The van der Waals surface area contributed by atoms with Crippen LogP contribution in [0.25, 0.3) is 0 Å². The van der Waals surface area contributed by atoms with E-state index in [2.05, 4.69) is 5.32 Å². The SMILES string of the molecule is N[C@@H](CSC(=O)[C@@H](N)CCC(=O)O)C(=O)NCC(=O)O. The molecular weight excluding hydrogens is 290 g/mol. The summed E-state index contributed by atoms with van der Waals surface area (Å²) in [5, 5.41) is 18.4. The van der Waals surface area contributed by atoms with E-state index < -0.39 is 41.6 Å². The number of carboxylic acids is 2. The monoisotopic (exact) mass is 307 g/mol. The average Bonchev–Trinajstić information content (AvgIpc) is 2.38. The number of carbonyl (C=O) groups is 4. The fourth-order valence-corrected chi connectivity index (χ4v) is 1.87. The van der Waals surface area contributed by atoms with Crippen LogP contribution >= 0.6 is 11.8 Å². The van der Waals surface area contributed by atoms with Crippen molar-refractivity contribution in [1.82, 2.24) is 5.32 Å². The molecule has 0 aromatic rings. The molecule has 0 unspecified atom stereocenters. The van der Waals surface area contributed by atoms with Crippen molar-refractivity contribution in [1.29, 1.82) is 0 Å². The molecule has 1 amide bonds. The highest BCUT2D eigenvalue weighted by Crippen LogP contribution is 2.09. The maximum Gasteiger partial charge on any atom is 0.322 e. The zero-order chi connectivity index (χ0) is 15.7. The molecule has 0 radical (unpaired) electrons. The summed E-state index contributed by atoms with van der Waals surface area (Å²) >= 11 is 0.717. The predicted molar refractivity (Wildman–Crippen MR) is 70.9 cm³/mol. The summed E-state index contributed by atoms with van der Waals surface area (Å²) in [5.74, 6) is -3.01. The predicted octanol–water partition coefficient (Wildman–Crippen LogP) is -2.03. The van der Waals surface area contributed by atoms with E-state index in [1.165, 1.54) is 0 Å². The number of hydrogen-bond donors (Lipinski definition) is 5. The second kappa shape index (κ2) is 9.28. The van der Waals surface area contributed by atoms with Crippen molar-refractivity contribution >= 4 is 34.7 Å². The van der Waals surface area contributed by atoms with E-state index in [4.69, 9.17) is 21.7 Å². The number of hydrogen-bond acceptors (Lipinski definition) is 7. The molecule has 0 heterocycles. The Morgan fingerprint density at radius 2 is 1.65 bits per heavy atom. The molecule has 0 aromatic carbocycles. The molecule has 0 fully saturated rings. The standard InChI is InChI=1S/C10H17N3O6S/c11-5(1-2-7(14)15)10(19)20-4-6(12)9(18)13-3-8(16)17/h5-6H,1-4,11-12H2,(H,13,18)(H,14,15)(H,16,17)/t5-,6-/m0/s1. The van der Waals surface area contributed by atoms with Crippen molar-refractivity contribution in [3.8, 4) is 0 Å². The Bertz CT molecular complexity index is 389. The Balaban J connectivity index is 4.00. The lowest BCUT2D eigenvalue weighted by Crippen LogP contribution is -2.44. The van der Waals surface area contributed by atoms with Crippen LogP contribution in [0.15, 0.2) is 0 Å². The van der Waals surface area contributed by atoms with Gasteiger partial charge in [0.2, 0.25) is 11.0 Å². The summed E-state index contributed by atoms with van der Waals surface area (Å²) in [6, 6.07) is -1.99. The van der Waals surface area contributed by atoms with E-state index in [0.717, 1.165) is 0 Å². The van der Waals surface area contributed by atoms with Crippen molar-refractivity contribution in [2.24, 2.45) is 11.5 Å². The van der Waals surface area contributed by atoms with Gasteiger partial charge in [0.15, 0.2) is 0 Å². The van der Waals surface area contributed by atoms with E-state index >= 15 is 0 Å². The first-order valence-corrected chi connectivity index (χ1v) is 6.61. The van der Waals surface area contributed by atoms with E-state index in [1.807, 2.05) is 0 Å². The van der Waals surface area contributed by atoms with Gasteiger partial charge in [0, 0.05) is 12.2 Å². The minimum Gasteiger partial charge on any atom is -0.481 e. The largest absolute Gasteiger partial charge is 0.481 e. The van der Waals surface area contributed by atoms with Gasteiger partial charge in [-0.05, 0) is 6.42 Å². The first-order valence-electron chi connectivity index (χ1n) is 5.63. The summed E-state index contributed by atoms with van der Waals surface area (Å²) in [5.41, 5.74) is 10.9. The quantitative estimate of drug-likeness (QED) is 0.322.